The standard InChI is InChI=1S/C28H33N3O6S/c1-2-36-27(35)21-10-6-14-30(18-21)25(33)22-19-37-28(31(22)24(32)20-8-4-3-5-9-20)12-15-29(16-13-28)26(34)23-11-7-17-38-23/h3-5,7-9,11,17,21-22H,2,6,10,12-16,18-19H2,1H3/t21-,22+/m0/s1. The second kappa shape index (κ2) is 11.2. The summed E-state index contributed by atoms with van der Waals surface area (Å²) in [5.41, 5.74) is -0.495. The highest BCUT2D eigenvalue weighted by molar-refractivity contribution is 7.12. The Morgan fingerprint density at radius 3 is 2.45 bits per heavy atom. The summed E-state index contributed by atoms with van der Waals surface area (Å²) in [7, 11) is 0. The Bertz CT molecular complexity index is 1160. The van der Waals surface area contributed by atoms with E-state index in [2.05, 4.69) is 0 Å². The first-order chi connectivity index (χ1) is 18.4. The van der Waals surface area contributed by atoms with Gasteiger partial charge in [-0.15, -0.1) is 11.3 Å². The van der Waals surface area contributed by atoms with Gasteiger partial charge < -0.3 is 19.3 Å². The van der Waals surface area contributed by atoms with E-state index in [4.69, 9.17) is 9.47 Å². The highest BCUT2D eigenvalue weighted by atomic mass is 32.1. The van der Waals surface area contributed by atoms with E-state index in [-0.39, 0.29) is 42.8 Å². The normalized spacial score (nSPS) is 22.9. The number of likely N-dealkylation sites (tertiary alicyclic amines) is 2. The van der Waals surface area contributed by atoms with Gasteiger partial charge in [-0.25, -0.2) is 0 Å². The fourth-order valence-electron chi connectivity index (χ4n) is 5.73. The van der Waals surface area contributed by atoms with Gasteiger partial charge in [-0.2, -0.15) is 0 Å². The third kappa shape index (κ3) is 5.07. The predicted octanol–water partition coefficient (Wildman–Crippen LogP) is 3.02. The van der Waals surface area contributed by atoms with Gasteiger partial charge >= 0.3 is 5.97 Å². The number of piperidine rings is 2. The smallest absolute Gasteiger partial charge is 0.310 e. The Morgan fingerprint density at radius 2 is 1.76 bits per heavy atom. The van der Waals surface area contributed by atoms with Gasteiger partial charge in [0.2, 0.25) is 5.91 Å². The molecule has 0 N–H and O–H groups in total. The predicted molar refractivity (Wildman–Crippen MR) is 140 cm³/mol. The molecule has 10 heteroatoms. The number of hydrogen-bond donors (Lipinski definition) is 0. The number of carbonyl (C=O) groups excluding carboxylic acids is 4. The molecule has 0 saturated carbocycles. The van der Waals surface area contributed by atoms with Gasteiger partial charge in [-0.05, 0) is 43.3 Å². The van der Waals surface area contributed by atoms with Gasteiger partial charge in [-0.3, -0.25) is 24.1 Å². The quantitative estimate of drug-likeness (QED) is 0.542. The maximum Gasteiger partial charge on any atom is 0.310 e. The molecule has 1 aromatic carbocycles. The summed E-state index contributed by atoms with van der Waals surface area (Å²) in [6.07, 6.45) is 2.20. The van der Waals surface area contributed by atoms with E-state index in [9.17, 15) is 19.2 Å². The first-order valence-electron chi connectivity index (χ1n) is 13.2. The minimum atomic E-state index is -0.976. The third-order valence-electron chi connectivity index (χ3n) is 7.70. The molecule has 38 heavy (non-hydrogen) atoms. The summed E-state index contributed by atoms with van der Waals surface area (Å²) in [6.45, 7) is 3.79. The number of esters is 1. The lowest BCUT2D eigenvalue weighted by atomic mass is 9.95. The average molecular weight is 540 g/mol. The fourth-order valence-corrected chi connectivity index (χ4v) is 6.42. The van der Waals surface area contributed by atoms with Crippen LogP contribution in [0.2, 0.25) is 0 Å². The van der Waals surface area contributed by atoms with Crippen molar-refractivity contribution in [3.8, 4) is 0 Å². The van der Waals surface area contributed by atoms with Crippen LogP contribution in [-0.2, 0) is 19.1 Å². The Kier molecular flexibility index (Phi) is 7.80. The van der Waals surface area contributed by atoms with Crippen LogP contribution in [-0.4, -0.2) is 89.6 Å². The van der Waals surface area contributed by atoms with Crippen LogP contribution < -0.4 is 0 Å². The first-order valence-corrected chi connectivity index (χ1v) is 14.1. The van der Waals surface area contributed by atoms with E-state index >= 15 is 0 Å². The molecule has 0 aliphatic carbocycles. The molecular weight excluding hydrogens is 506 g/mol. The van der Waals surface area contributed by atoms with Gasteiger partial charge in [0.15, 0.2) is 0 Å². The Balaban J connectivity index is 1.37. The van der Waals surface area contributed by atoms with Crippen molar-refractivity contribution in [1.82, 2.24) is 14.7 Å². The number of hydrogen-bond acceptors (Lipinski definition) is 7. The van der Waals surface area contributed by atoms with Gasteiger partial charge in [0.05, 0.1) is 24.0 Å². The van der Waals surface area contributed by atoms with Crippen molar-refractivity contribution in [1.29, 1.82) is 0 Å². The number of ether oxygens (including phenoxy) is 2. The molecule has 3 saturated heterocycles. The van der Waals surface area contributed by atoms with E-state index in [0.29, 0.717) is 62.4 Å². The molecule has 1 aromatic heterocycles. The number of rotatable bonds is 5. The molecule has 9 nitrogen and oxygen atoms in total. The van der Waals surface area contributed by atoms with Gasteiger partial charge in [0.1, 0.15) is 11.8 Å². The van der Waals surface area contributed by atoms with E-state index < -0.39 is 11.8 Å². The number of carbonyl (C=O) groups is 4. The highest BCUT2D eigenvalue weighted by Crippen LogP contribution is 2.39. The summed E-state index contributed by atoms with van der Waals surface area (Å²) >= 11 is 1.41. The minimum Gasteiger partial charge on any atom is -0.466 e. The molecule has 202 valence electrons. The third-order valence-corrected chi connectivity index (χ3v) is 8.56. The molecule has 3 aliphatic rings. The number of amides is 3. The highest BCUT2D eigenvalue weighted by Gasteiger charge is 2.55. The molecule has 0 radical (unpaired) electrons. The summed E-state index contributed by atoms with van der Waals surface area (Å²) < 4.78 is 11.5. The average Bonchev–Trinajstić information content (AvgIpc) is 3.62. The molecule has 3 fully saturated rings. The van der Waals surface area contributed by atoms with E-state index in [1.165, 1.54) is 11.3 Å². The SMILES string of the molecule is CCOC(=O)[C@H]1CCCN(C(=O)[C@H]2COC3(CCN(C(=O)c4cccs4)CC3)N2C(=O)c2ccccc2)C1. The molecule has 3 aliphatic heterocycles. The van der Waals surface area contributed by atoms with E-state index in [1.807, 2.05) is 23.6 Å². The van der Waals surface area contributed by atoms with Crippen LogP contribution in [0.4, 0.5) is 0 Å². The largest absolute Gasteiger partial charge is 0.466 e. The fraction of sp³-hybridized carbons (Fsp3) is 0.500. The van der Waals surface area contributed by atoms with E-state index in [1.54, 1.807) is 45.9 Å². The molecule has 3 amide bonds. The summed E-state index contributed by atoms with van der Waals surface area (Å²) in [5.74, 6) is -1.16. The number of nitrogens with zero attached hydrogens (tertiary/aromatic N) is 3. The Morgan fingerprint density at radius 1 is 1.00 bits per heavy atom. The van der Waals surface area contributed by atoms with Crippen molar-refractivity contribution >= 4 is 35.0 Å². The lowest BCUT2D eigenvalue weighted by Crippen LogP contribution is -2.60. The summed E-state index contributed by atoms with van der Waals surface area (Å²) in [5, 5.41) is 1.88. The molecule has 0 unspecified atom stereocenters. The van der Waals surface area contributed by atoms with Crippen molar-refractivity contribution in [2.45, 2.75) is 44.4 Å². The summed E-state index contributed by atoms with van der Waals surface area (Å²) in [4.78, 5) is 58.8. The molecule has 5 rings (SSSR count). The molecular formula is C28H33N3O6S. The second-order valence-electron chi connectivity index (χ2n) is 9.96. The van der Waals surface area contributed by atoms with Crippen LogP contribution in [0.25, 0.3) is 0 Å². The van der Waals surface area contributed by atoms with Crippen LogP contribution in [0.1, 0.15) is 52.6 Å². The first kappa shape index (κ1) is 26.4. The van der Waals surface area contributed by atoms with Crippen molar-refractivity contribution in [3.05, 3.63) is 58.3 Å². The number of thiophene rings is 1. The van der Waals surface area contributed by atoms with E-state index in [0.717, 1.165) is 0 Å². The monoisotopic (exact) mass is 539 g/mol. The zero-order chi connectivity index (χ0) is 26.7. The molecule has 1 spiro atoms. The van der Waals surface area contributed by atoms with Crippen LogP contribution in [0.5, 0.6) is 0 Å². The number of benzene rings is 1. The molecule has 0 bridgehead atoms. The summed E-state index contributed by atoms with van der Waals surface area (Å²) in [6, 6.07) is 11.8. The lowest BCUT2D eigenvalue weighted by Gasteiger charge is -2.45. The molecule has 4 heterocycles. The second-order valence-corrected chi connectivity index (χ2v) is 10.9. The van der Waals surface area contributed by atoms with Crippen LogP contribution in [0, 0.1) is 5.92 Å². The minimum absolute atomic E-state index is 0.0280. The molecule has 2 aromatic rings. The maximum atomic E-state index is 13.9. The zero-order valence-electron chi connectivity index (χ0n) is 21.5. The Hall–Kier alpha value is -3.24. The van der Waals surface area contributed by atoms with Crippen molar-refractivity contribution in [3.63, 3.8) is 0 Å². The zero-order valence-corrected chi connectivity index (χ0v) is 22.4. The maximum absolute atomic E-state index is 13.9. The lowest BCUT2D eigenvalue weighted by molar-refractivity contribution is -0.152. The molecule has 2 atom stereocenters. The van der Waals surface area contributed by atoms with Gasteiger partial charge in [-0.1, -0.05) is 24.3 Å². The van der Waals surface area contributed by atoms with Crippen molar-refractivity contribution < 1.29 is 28.7 Å². The van der Waals surface area contributed by atoms with Gasteiger partial charge in [0, 0.05) is 44.6 Å². The Labute approximate surface area is 226 Å². The van der Waals surface area contributed by atoms with Crippen LogP contribution >= 0.6 is 11.3 Å². The van der Waals surface area contributed by atoms with Gasteiger partial charge in [0.25, 0.3) is 11.8 Å². The topological polar surface area (TPSA) is 96.5 Å². The van der Waals surface area contributed by atoms with Crippen molar-refractivity contribution in [2.75, 3.05) is 39.4 Å². The van der Waals surface area contributed by atoms with Crippen LogP contribution in [0.3, 0.4) is 0 Å². The van der Waals surface area contributed by atoms with Crippen molar-refractivity contribution in [2.24, 2.45) is 5.92 Å². The van der Waals surface area contributed by atoms with Crippen LogP contribution in [0.15, 0.2) is 47.8 Å².